The summed E-state index contributed by atoms with van der Waals surface area (Å²) in [7, 11) is 0. The summed E-state index contributed by atoms with van der Waals surface area (Å²) in [6.07, 6.45) is 2.00. The van der Waals surface area contributed by atoms with Gasteiger partial charge in [0.25, 0.3) is 0 Å². The van der Waals surface area contributed by atoms with E-state index in [9.17, 15) is 4.39 Å². The van der Waals surface area contributed by atoms with Crippen LogP contribution >= 0.6 is 11.3 Å². The lowest BCUT2D eigenvalue weighted by atomic mass is 10.1. The van der Waals surface area contributed by atoms with Crippen LogP contribution in [0.1, 0.15) is 16.5 Å². The molecule has 1 atom stereocenters. The fourth-order valence-electron chi connectivity index (χ4n) is 1.88. The maximum Gasteiger partial charge on any atom is 0.128 e. The predicted molar refractivity (Wildman–Crippen MR) is 67.7 cm³/mol. The Kier molecular flexibility index (Phi) is 2.66. The summed E-state index contributed by atoms with van der Waals surface area (Å²) in [5.74, 6) is -0.185. The lowest BCUT2D eigenvalue weighted by molar-refractivity contribution is 0.556. The quantitative estimate of drug-likeness (QED) is 0.851. The second-order valence-corrected chi connectivity index (χ2v) is 4.77. The van der Waals surface area contributed by atoms with Gasteiger partial charge in [-0.1, -0.05) is 24.3 Å². The van der Waals surface area contributed by atoms with Gasteiger partial charge in [-0.05, 0) is 23.6 Å². The minimum Gasteiger partial charge on any atom is -0.319 e. The van der Waals surface area contributed by atoms with Gasteiger partial charge in [-0.25, -0.2) is 9.82 Å². The zero-order valence-electron chi connectivity index (χ0n) is 8.98. The van der Waals surface area contributed by atoms with Gasteiger partial charge in [0.2, 0.25) is 0 Å². The third-order valence-corrected chi connectivity index (χ3v) is 3.63. The molecule has 1 unspecified atom stereocenters. The zero-order valence-corrected chi connectivity index (χ0v) is 9.80. The van der Waals surface area contributed by atoms with E-state index in [1.807, 2.05) is 29.7 Å². The first-order valence-corrected chi connectivity index (χ1v) is 6.24. The Morgan fingerprint density at radius 1 is 1.12 bits per heavy atom. The summed E-state index contributed by atoms with van der Waals surface area (Å²) >= 11 is 1.66. The van der Waals surface area contributed by atoms with E-state index in [0.29, 0.717) is 5.56 Å². The number of benzene rings is 1. The molecular weight excluding hydrogens is 235 g/mol. The molecule has 1 aliphatic rings. The lowest BCUT2D eigenvalue weighted by Crippen LogP contribution is -2.26. The van der Waals surface area contributed by atoms with Crippen molar-refractivity contribution in [1.29, 1.82) is 0 Å². The Morgan fingerprint density at radius 3 is 2.76 bits per heavy atom. The number of thiophene rings is 1. The number of hydrogen-bond acceptors (Lipinski definition) is 3. The molecule has 0 saturated heterocycles. The molecule has 0 fully saturated rings. The molecule has 2 heterocycles. The van der Waals surface area contributed by atoms with Crippen LogP contribution in [0, 0.1) is 5.82 Å². The molecular formula is C13H11FN2S. The summed E-state index contributed by atoms with van der Waals surface area (Å²) in [6.45, 7) is 0. The smallest absolute Gasteiger partial charge is 0.128 e. The average Bonchev–Trinajstić information content (AvgIpc) is 3.00. The predicted octanol–water partition coefficient (Wildman–Crippen LogP) is 3.08. The van der Waals surface area contributed by atoms with Crippen molar-refractivity contribution in [3.05, 3.63) is 64.1 Å². The standard InChI is InChI=1S/C13H11FN2S/c14-10-5-2-1-4-9(10)11-8-12(16-15-11)13-6-3-7-17-13/h1-8,11,15-16H. The van der Waals surface area contributed by atoms with Crippen molar-refractivity contribution in [1.82, 2.24) is 10.9 Å². The van der Waals surface area contributed by atoms with Crippen LogP contribution in [0.5, 0.6) is 0 Å². The Labute approximate surface area is 103 Å². The first-order chi connectivity index (χ1) is 8.34. The molecule has 17 heavy (non-hydrogen) atoms. The molecule has 1 aromatic carbocycles. The van der Waals surface area contributed by atoms with Crippen LogP contribution in [0.25, 0.3) is 5.70 Å². The van der Waals surface area contributed by atoms with Gasteiger partial charge in [0, 0.05) is 5.56 Å². The Balaban J connectivity index is 1.91. The van der Waals surface area contributed by atoms with E-state index < -0.39 is 0 Å². The topological polar surface area (TPSA) is 24.1 Å². The van der Waals surface area contributed by atoms with E-state index in [1.165, 1.54) is 6.07 Å². The first kappa shape index (κ1) is 10.5. The van der Waals surface area contributed by atoms with Gasteiger partial charge < -0.3 is 5.43 Å². The van der Waals surface area contributed by atoms with Crippen LogP contribution in [0.4, 0.5) is 4.39 Å². The van der Waals surface area contributed by atoms with Crippen LogP contribution in [0.15, 0.2) is 47.9 Å². The van der Waals surface area contributed by atoms with Crippen LogP contribution in [0.2, 0.25) is 0 Å². The van der Waals surface area contributed by atoms with Gasteiger partial charge in [-0.15, -0.1) is 11.3 Å². The van der Waals surface area contributed by atoms with E-state index in [4.69, 9.17) is 0 Å². The summed E-state index contributed by atoms with van der Waals surface area (Å²) < 4.78 is 13.6. The van der Waals surface area contributed by atoms with Crippen molar-refractivity contribution in [2.45, 2.75) is 6.04 Å². The summed E-state index contributed by atoms with van der Waals surface area (Å²) in [6, 6.07) is 10.7. The van der Waals surface area contributed by atoms with Crippen LogP contribution in [0.3, 0.4) is 0 Å². The van der Waals surface area contributed by atoms with Gasteiger partial charge in [-0.3, -0.25) is 0 Å². The molecule has 0 radical (unpaired) electrons. The van der Waals surface area contributed by atoms with Crippen molar-refractivity contribution in [3.63, 3.8) is 0 Å². The molecule has 2 N–H and O–H groups in total. The second-order valence-electron chi connectivity index (χ2n) is 3.83. The van der Waals surface area contributed by atoms with Crippen molar-refractivity contribution in [2.75, 3.05) is 0 Å². The Morgan fingerprint density at radius 2 is 2.00 bits per heavy atom. The molecule has 4 heteroatoms. The molecule has 0 aliphatic carbocycles. The summed E-state index contributed by atoms with van der Waals surface area (Å²) in [5.41, 5.74) is 7.83. The minimum absolute atomic E-state index is 0.117. The van der Waals surface area contributed by atoms with Gasteiger partial charge in [0.05, 0.1) is 16.6 Å². The van der Waals surface area contributed by atoms with Crippen LogP contribution in [-0.2, 0) is 0 Å². The van der Waals surface area contributed by atoms with Crippen molar-refractivity contribution in [3.8, 4) is 0 Å². The highest BCUT2D eigenvalue weighted by atomic mass is 32.1. The first-order valence-electron chi connectivity index (χ1n) is 5.36. The van der Waals surface area contributed by atoms with E-state index in [2.05, 4.69) is 10.9 Å². The number of hydrogen-bond donors (Lipinski definition) is 2. The molecule has 0 spiro atoms. The molecule has 1 aromatic heterocycles. The van der Waals surface area contributed by atoms with Gasteiger partial charge in [0.15, 0.2) is 0 Å². The number of rotatable bonds is 2. The maximum absolute atomic E-state index is 13.6. The van der Waals surface area contributed by atoms with E-state index in [0.717, 1.165) is 10.6 Å². The summed E-state index contributed by atoms with van der Waals surface area (Å²) in [4.78, 5) is 1.15. The monoisotopic (exact) mass is 246 g/mol. The second kappa shape index (κ2) is 4.31. The highest BCUT2D eigenvalue weighted by Crippen LogP contribution is 2.27. The Hall–Kier alpha value is -1.65. The number of nitrogens with one attached hydrogen (secondary N) is 2. The molecule has 3 rings (SSSR count). The van der Waals surface area contributed by atoms with E-state index in [-0.39, 0.29) is 11.9 Å². The molecule has 1 aliphatic heterocycles. The Bertz CT molecular complexity index is 548. The minimum atomic E-state index is -0.185. The highest BCUT2D eigenvalue weighted by molar-refractivity contribution is 7.11. The van der Waals surface area contributed by atoms with Gasteiger partial charge in [-0.2, -0.15) is 0 Å². The zero-order chi connectivity index (χ0) is 11.7. The third kappa shape index (κ3) is 1.97. The van der Waals surface area contributed by atoms with E-state index in [1.54, 1.807) is 23.5 Å². The molecule has 2 aromatic rings. The van der Waals surface area contributed by atoms with Gasteiger partial charge >= 0.3 is 0 Å². The normalized spacial score (nSPS) is 18.9. The lowest BCUT2D eigenvalue weighted by Gasteiger charge is -2.09. The van der Waals surface area contributed by atoms with Crippen molar-refractivity contribution >= 4 is 17.0 Å². The fourth-order valence-corrected chi connectivity index (χ4v) is 2.58. The summed E-state index contributed by atoms with van der Waals surface area (Å²) in [5, 5.41) is 2.02. The maximum atomic E-state index is 13.6. The average molecular weight is 246 g/mol. The number of halogens is 1. The fraction of sp³-hybridized carbons (Fsp3) is 0.0769. The molecule has 0 amide bonds. The van der Waals surface area contributed by atoms with Crippen molar-refractivity contribution in [2.24, 2.45) is 0 Å². The molecule has 0 bridgehead atoms. The van der Waals surface area contributed by atoms with Crippen molar-refractivity contribution < 1.29 is 4.39 Å². The number of hydrazine groups is 1. The third-order valence-electron chi connectivity index (χ3n) is 2.72. The SMILES string of the molecule is Fc1ccccc1C1C=C(c2cccs2)NN1. The van der Waals surface area contributed by atoms with E-state index >= 15 is 0 Å². The van der Waals surface area contributed by atoms with Crippen LogP contribution < -0.4 is 10.9 Å². The molecule has 2 nitrogen and oxygen atoms in total. The highest BCUT2D eigenvalue weighted by Gasteiger charge is 2.20. The molecule has 86 valence electrons. The molecule has 0 saturated carbocycles. The van der Waals surface area contributed by atoms with Crippen LogP contribution in [-0.4, -0.2) is 0 Å². The largest absolute Gasteiger partial charge is 0.319 e. The van der Waals surface area contributed by atoms with Gasteiger partial charge in [0.1, 0.15) is 5.82 Å².